The summed E-state index contributed by atoms with van der Waals surface area (Å²) in [5.41, 5.74) is 2.69. The largest absolute Gasteiger partial charge is 0.381 e. The van der Waals surface area contributed by atoms with Crippen LogP contribution in [0.1, 0.15) is 11.1 Å². The smallest absolute Gasteiger partial charge is 0.274 e. The first-order valence-electron chi connectivity index (χ1n) is 5.80. The fraction of sp³-hybridized carbons (Fsp3) is 0.143. The Hall–Kier alpha value is -1.88. The van der Waals surface area contributed by atoms with Crippen LogP contribution in [0.4, 0.5) is 11.4 Å². The second kappa shape index (κ2) is 5.84. The van der Waals surface area contributed by atoms with E-state index in [1.54, 1.807) is 13.0 Å². The molecule has 0 radical (unpaired) electrons. The number of halogens is 1. The molecule has 0 atom stereocenters. The molecule has 19 heavy (non-hydrogen) atoms. The SMILES string of the molecule is Cc1c(NCc2cccc(Br)c2)cccc1[N+](=O)[O-]. The molecule has 2 aromatic rings. The molecular formula is C14H13BrN2O2. The van der Waals surface area contributed by atoms with E-state index in [1.807, 2.05) is 30.3 Å². The zero-order valence-corrected chi connectivity index (χ0v) is 12.0. The molecule has 0 aliphatic rings. The molecule has 0 bridgehead atoms. The molecule has 4 nitrogen and oxygen atoms in total. The highest BCUT2D eigenvalue weighted by atomic mass is 79.9. The average molecular weight is 321 g/mol. The minimum Gasteiger partial charge on any atom is -0.381 e. The van der Waals surface area contributed by atoms with Crippen molar-refractivity contribution in [3.05, 3.63) is 68.2 Å². The minimum absolute atomic E-state index is 0.138. The van der Waals surface area contributed by atoms with Crippen LogP contribution in [0, 0.1) is 17.0 Å². The molecule has 0 amide bonds. The van der Waals surface area contributed by atoms with Gasteiger partial charge in [-0.1, -0.05) is 34.1 Å². The molecule has 0 spiro atoms. The lowest BCUT2D eigenvalue weighted by Crippen LogP contribution is -2.02. The van der Waals surface area contributed by atoms with Crippen molar-refractivity contribution in [2.45, 2.75) is 13.5 Å². The van der Waals surface area contributed by atoms with Gasteiger partial charge in [0, 0.05) is 28.3 Å². The normalized spacial score (nSPS) is 10.2. The molecule has 0 unspecified atom stereocenters. The summed E-state index contributed by atoms with van der Waals surface area (Å²) in [5.74, 6) is 0. The van der Waals surface area contributed by atoms with Crippen LogP contribution in [0.3, 0.4) is 0 Å². The monoisotopic (exact) mass is 320 g/mol. The van der Waals surface area contributed by atoms with Crippen molar-refractivity contribution in [3.63, 3.8) is 0 Å². The Balaban J connectivity index is 2.16. The highest BCUT2D eigenvalue weighted by Crippen LogP contribution is 2.25. The quantitative estimate of drug-likeness (QED) is 0.675. The Labute approximate surface area is 119 Å². The Morgan fingerprint density at radius 2 is 2.00 bits per heavy atom. The fourth-order valence-corrected chi connectivity index (χ4v) is 2.30. The number of nitro groups is 1. The summed E-state index contributed by atoms with van der Waals surface area (Å²) in [7, 11) is 0. The second-order valence-corrected chi connectivity index (χ2v) is 5.11. The van der Waals surface area contributed by atoms with Gasteiger partial charge in [-0.25, -0.2) is 0 Å². The number of nitrogens with one attached hydrogen (secondary N) is 1. The number of nitro benzene ring substituents is 1. The number of anilines is 1. The lowest BCUT2D eigenvalue weighted by atomic mass is 10.1. The first kappa shape index (κ1) is 13.5. The van der Waals surface area contributed by atoms with Crippen LogP contribution in [0.2, 0.25) is 0 Å². The van der Waals surface area contributed by atoms with Crippen LogP contribution >= 0.6 is 15.9 Å². The summed E-state index contributed by atoms with van der Waals surface area (Å²) >= 11 is 3.42. The third-order valence-electron chi connectivity index (χ3n) is 2.87. The van der Waals surface area contributed by atoms with E-state index in [2.05, 4.69) is 21.2 Å². The fourth-order valence-electron chi connectivity index (χ4n) is 1.86. The number of rotatable bonds is 4. The van der Waals surface area contributed by atoms with Crippen LogP contribution in [-0.2, 0) is 6.54 Å². The molecule has 0 aromatic heterocycles. The molecule has 1 N–H and O–H groups in total. The Morgan fingerprint density at radius 1 is 1.26 bits per heavy atom. The Kier molecular flexibility index (Phi) is 4.16. The topological polar surface area (TPSA) is 55.2 Å². The van der Waals surface area contributed by atoms with Gasteiger partial charge in [-0.3, -0.25) is 10.1 Å². The van der Waals surface area contributed by atoms with E-state index in [9.17, 15) is 10.1 Å². The van der Waals surface area contributed by atoms with Gasteiger partial charge in [0.05, 0.1) is 4.92 Å². The van der Waals surface area contributed by atoms with Gasteiger partial charge in [-0.2, -0.15) is 0 Å². The predicted octanol–water partition coefficient (Wildman–Crippen LogP) is 4.28. The van der Waals surface area contributed by atoms with Crippen molar-refractivity contribution in [2.75, 3.05) is 5.32 Å². The first-order valence-corrected chi connectivity index (χ1v) is 6.59. The van der Waals surface area contributed by atoms with E-state index in [1.165, 1.54) is 6.07 Å². The number of hydrogen-bond acceptors (Lipinski definition) is 3. The van der Waals surface area contributed by atoms with Crippen molar-refractivity contribution in [3.8, 4) is 0 Å². The zero-order valence-electron chi connectivity index (χ0n) is 10.4. The molecule has 2 aromatic carbocycles. The van der Waals surface area contributed by atoms with Gasteiger partial charge >= 0.3 is 0 Å². The second-order valence-electron chi connectivity index (χ2n) is 4.19. The van der Waals surface area contributed by atoms with Gasteiger partial charge in [0.1, 0.15) is 0 Å². The molecule has 0 fully saturated rings. The summed E-state index contributed by atoms with van der Waals surface area (Å²) < 4.78 is 1.02. The number of hydrogen-bond donors (Lipinski definition) is 1. The van der Waals surface area contributed by atoms with Crippen LogP contribution in [-0.4, -0.2) is 4.92 Å². The standard InChI is InChI=1S/C14H13BrN2O2/c1-10-13(6-3-7-14(10)17(18)19)16-9-11-4-2-5-12(15)8-11/h2-8,16H,9H2,1H3. The summed E-state index contributed by atoms with van der Waals surface area (Å²) in [5, 5.41) is 14.1. The van der Waals surface area contributed by atoms with E-state index in [0.717, 1.165) is 15.7 Å². The number of nitrogens with zero attached hydrogens (tertiary/aromatic N) is 1. The van der Waals surface area contributed by atoms with Crippen molar-refractivity contribution in [1.29, 1.82) is 0 Å². The number of benzene rings is 2. The summed E-state index contributed by atoms with van der Waals surface area (Å²) in [6.45, 7) is 2.38. The molecule has 98 valence electrons. The Bertz CT molecular complexity index is 614. The molecule has 0 aliphatic carbocycles. The lowest BCUT2D eigenvalue weighted by Gasteiger charge is -2.10. The molecule has 0 aliphatic heterocycles. The first-order chi connectivity index (χ1) is 9.08. The van der Waals surface area contributed by atoms with Crippen molar-refractivity contribution >= 4 is 27.3 Å². The maximum absolute atomic E-state index is 10.9. The average Bonchev–Trinajstić information content (AvgIpc) is 2.37. The van der Waals surface area contributed by atoms with Gasteiger partial charge in [-0.15, -0.1) is 0 Å². The Morgan fingerprint density at radius 3 is 2.68 bits per heavy atom. The van der Waals surface area contributed by atoms with E-state index >= 15 is 0 Å². The maximum Gasteiger partial charge on any atom is 0.274 e. The van der Waals surface area contributed by atoms with Gasteiger partial charge in [0.25, 0.3) is 5.69 Å². The van der Waals surface area contributed by atoms with Crippen LogP contribution in [0.25, 0.3) is 0 Å². The third-order valence-corrected chi connectivity index (χ3v) is 3.37. The molecule has 0 heterocycles. The van der Waals surface area contributed by atoms with E-state index in [0.29, 0.717) is 12.1 Å². The van der Waals surface area contributed by atoms with Crippen molar-refractivity contribution < 1.29 is 4.92 Å². The summed E-state index contributed by atoms with van der Waals surface area (Å²) in [6, 6.07) is 13.0. The molecule has 0 saturated heterocycles. The predicted molar refractivity (Wildman–Crippen MR) is 79.3 cm³/mol. The van der Waals surface area contributed by atoms with Gasteiger partial charge in [0.15, 0.2) is 0 Å². The molecule has 0 saturated carbocycles. The van der Waals surface area contributed by atoms with Crippen LogP contribution in [0.15, 0.2) is 46.9 Å². The van der Waals surface area contributed by atoms with E-state index < -0.39 is 0 Å². The summed E-state index contributed by atoms with van der Waals surface area (Å²) in [4.78, 5) is 10.5. The minimum atomic E-state index is -0.361. The molecule has 5 heteroatoms. The van der Waals surface area contributed by atoms with E-state index in [4.69, 9.17) is 0 Å². The van der Waals surface area contributed by atoms with Crippen LogP contribution in [0.5, 0.6) is 0 Å². The van der Waals surface area contributed by atoms with Gasteiger partial charge in [0.2, 0.25) is 0 Å². The third kappa shape index (κ3) is 3.32. The van der Waals surface area contributed by atoms with E-state index in [-0.39, 0.29) is 10.6 Å². The summed E-state index contributed by atoms with van der Waals surface area (Å²) in [6.07, 6.45) is 0. The zero-order chi connectivity index (χ0) is 13.8. The lowest BCUT2D eigenvalue weighted by molar-refractivity contribution is -0.385. The van der Waals surface area contributed by atoms with Crippen LogP contribution < -0.4 is 5.32 Å². The highest BCUT2D eigenvalue weighted by Gasteiger charge is 2.12. The van der Waals surface area contributed by atoms with Gasteiger partial charge in [-0.05, 0) is 30.7 Å². The van der Waals surface area contributed by atoms with Crippen molar-refractivity contribution in [2.24, 2.45) is 0 Å². The van der Waals surface area contributed by atoms with Gasteiger partial charge < -0.3 is 5.32 Å². The highest BCUT2D eigenvalue weighted by molar-refractivity contribution is 9.10. The van der Waals surface area contributed by atoms with Crippen molar-refractivity contribution in [1.82, 2.24) is 0 Å². The molecule has 2 rings (SSSR count). The molecular weight excluding hydrogens is 308 g/mol. The maximum atomic E-state index is 10.9.